The minimum absolute atomic E-state index is 0.0639. The van der Waals surface area contributed by atoms with Gasteiger partial charge in [0.25, 0.3) is 0 Å². The standard InChI is InChI=1S/C15H28N2O3/c1-13(2,3)9(8-10(18)19)16-12(20)17-11-14(4,5)15(11,6)7/h9,11H,8H2,1-7H3,(H,18,19)(H2,16,17,20). The maximum atomic E-state index is 12.1. The third-order valence-corrected chi connectivity index (χ3v) is 5.03. The molecule has 5 nitrogen and oxygen atoms in total. The second kappa shape index (κ2) is 4.93. The van der Waals surface area contributed by atoms with Crippen LogP contribution in [0.3, 0.4) is 0 Å². The summed E-state index contributed by atoms with van der Waals surface area (Å²) in [6.07, 6.45) is -0.0750. The van der Waals surface area contributed by atoms with Crippen molar-refractivity contribution in [1.82, 2.24) is 10.6 Å². The van der Waals surface area contributed by atoms with E-state index < -0.39 is 12.0 Å². The predicted octanol–water partition coefficient (Wildman–Crippen LogP) is 2.61. The van der Waals surface area contributed by atoms with Crippen molar-refractivity contribution < 1.29 is 14.7 Å². The second-order valence-corrected chi connectivity index (χ2v) is 8.01. The zero-order chi connectivity index (χ0) is 15.9. The van der Waals surface area contributed by atoms with Gasteiger partial charge in [-0.15, -0.1) is 0 Å². The Morgan fingerprint density at radius 1 is 1.15 bits per heavy atom. The van der Waals surface area contributed by atoms with E-state index in [2.05, 4.69) is 38.3 Å². The number of hydrogen-bond acceptors (Lipinski definition) is 2. The average Bonchev–Trinajstić information content (AvgIpc) is 2.58. The molecule has 1 rings (SSSR count). The van der Waals surface area contributed by atoms with Gasteiger partial charge in [0, 0.05) is 12.1 Å². The van der Waals surface area contributed by atoms with E-state index in [4.69, 9.17) is 5.11 Å². The number of nitrogens with one attached hydrogen (secondary N) is 2. The molecular weight excluding hydrogens is 256 g/mol. The normalized spacial score (nSPS) is 21.9. The Morgan fingerprint density at radius 2 is 1.60 bits per heavy atom. The molecule has 0 heterocycles. The SMILES string of the molecule is CC(C)(C)C(CC(=O)O)NC(=O)NC1C(C)(C)C1(C)C. The molecule has 0 aromatic heterocycles. The number of carboxylic acid groups (broad SMARTS) is 1. The monoisotopic (exact) mass is 284 g/mol. The van der Waals surface area contributed by atoms with Crippen molar-refractivity contribution >= 4 is 12.0 Å². The Kier molecular flexibility index (Phi) is 4.14. The molecule has 1 fully saturated rings. The van der Waals surface area contributed by atoms with Gasteiger partial charge in [0.15, 0.2) is 0 Å². The molecular formula is C15H28N2O3. The van der Waals surface area contributed by atoms with Gasteiger partial charge in [0.2, 0.25) is 0 Å². The van der Waals surface area contributed by atoms with E-state index in [9.17, 15) is 9.59 Å². The summed E-state index contributed by atoms with van der Waals surface area (Å²) in [7, 11) is 0. The van der Waals surface area contributed by atoms with Gasteiger partial charge >= 0.3 is 12.0 Å². The lowest BCUT2D eigenvalue weighted by Gasteiger charge is -2.30. The number of urea groups is 1. The van der Waals surface area contributed by atoms with Crippen LogP contribution < -0.4 is 10.6 Å². The van der Waals surface area contributed by atoms with Gasteiger partial charge in [0.05, 0.1) is 6.42 Å². The molecule has 0 aliphatic heterocycles. The summed E-state index contributed by atoms with van der Waals surface area (Å²) in [6.45, 7) is 14.3. The summed E-state index contributed by atoms with van der Waals surface area (Å²) >= 11 is 0. The van der Waals surface area contributed by atoms with Crippen LogP contribution in [-0.4, -0.2) is 29.2 Å². The van der Waals surface area contributed by atoms with Gasteiger partial charge < -0.3 is 15.7 Å². The first kappa shape index (κ1) is 16.8. The van der Waals surface area contributed by atoms with E-state index >= 15 is 0 Å². The molecule has 0 spiro atoms. The Balaban J connectivity index is 2.63. The van der Waals surface area contributed by atoms with E-state index in [1.54, 1.807) is 0 Å². The van der Waals surface area contributed by atoms with Crippen LogP contribution in [0.15, 0.2) is 0 Å². The summed E-state index contributed by atoms with van der Waals surface area (Å²) < 4.78 is 0. The fourth-order valence-electron chi connectivity index (χ4n) is 2.64. The topological polar surface area (TPSA) is 78.4 Å². The van der Waals surface area contributed by atoms with Crippen molar-refractivity contribution in [2.45, 2.75) is 67.0 Å². The van der Waals surface area contributed by atoms with Gasteiger partial charge in [-0.1, -0.05) is 48.5 Å². The number of hydrogen-bond donors (Lipinski definition) is 3. The molecule has 0 aromatic rings. The Labute approximate surface area is 121 Å². The summed E-state index contributed by atoms with van der Waals surface area (Å²) in [5.41, 5.74) is -0.174. The number of amides is 2. The second-order valence-electron chi connectivity index (χ2n) is 8.01. The molecule has 1 aliphatic rings. The van der Waals surface area contributed by atoms with Crippen LogP contribution in [0.4, 0.5) is 4.79 Å². The van der Waals surface area contributed by atoms with Crippen molar-refractivity contribution in [1.29, 1.82) is 0 Å². The van der Waals surface area contributed by atoms with Crippen molar-refractivity contribution in [2.24, 2.45) is 16.2 Å². The molecule has 1 saturated carbocycles. The molecule has 116 valence electrons. The van der Waals surface area contributed by atoms with Crippen LogP contribution in [0.5, 0.6) is 0 Å². The van der Waals surface area contributed by atoms with E-state index in [1.807, 2.05) is 20.8 Å². The van der Waals surface area contributed by atoms with Crippen molar-refractivity contribution in [3.63, 3.8) is 0 Å². The molecule has 0 saturated heterocycles. The molecule has 0 bridgehead atoms. The zero-order valence-electron chi connectivity index (χ0n) is 13.6. The molecule has 3 N–H and O–H groups in total. The van der Waals surface area contributed by atoms with Crippen molar-refractivity contribution in [2.75, 3.05) is 0 Å². The molecule has 0 radical (unpaired) electrons. The third kappa shape index (κ3) is 3.25. The Morgan fingerprint density at radius 3 is 1.90 bits per heavy atom. The summed E-state index contributed by atoms with van der Waals surface area (Å²) in [5, 5.41) is 14.7. The zero-order valence-corrected chi connectivity index (χ0v) is 13.6. The Hall–Kier alpha value is -1.26. The molecule has 1 unspecified atom stereocenters. The maximum Gasteiger partial charge on any atom is 0.315 e. The molecule has 20 heavy (non-hydrogen) atoms. The number of aliphatic carboxylic acids is 1. The van der Waals surface area contributed by atoms with Crippen molar-refractivity contribution in [3.05, 3.63) is 0 Å². The summed E-state index contributed by atoms with van der Waals surface area (Å²) in [5.74, 6) is -0.905. The number of carboxylic acids is 1. The van der Waals surface area contributed by atoms with E-state index in [1.165, 1.54) is 0 Å². The smallest absolute Gasteiger partial charge is 0.315 e. The maximum absolute atomic E-state index is 12.1. The molecule has 1 aliphatic carbocycles. The first-order valence-electron chi connectivity index (χ1n) is 7.09. The lowest BCUT2D eigenvalue weighted by atomic mass is 9.85. The van der Waals surface area contributed by atoms with Gasteiger partial charge in [0.1, 0.15) is 0 Å². The highest BCUT2D eigenvalue weighted by Gasteiger charge is 2.65. The van der Waals surface area contributed by atoms with E-state index in [-0.39, 0.29) is 34.7 Å². The van der Waals surface area contributed by atoms with E-state index in [0.29, 0.717) is 0 Å². The van der Waals surface area contributed by atoms with Crippen molar-refractivity contribution in [3.8, 4) is 0 Å². The minimum atomic E-state index is -0.905. The summed E-state index contributed by atoms with van der Waals surface area (Å²) in [4.78, 5) is 23.0. The minimum Gasteiger partial charge on any atom is -0.481 e. The van der Waals surface area contributed by atoms with Gasteiger partial charge in [-0.2, -0.15) is 0 Å². The number of rotatable bonds is 4. The lowest BCUT2D eigenvalue weighted by molar-refractivity contribution is -0.138. The van der Waals surface area contributed by atoms with Gasteiger partial charge in [-0.25, -0.2) is 4.79 Å². The third-order valence-electron chi connectivity index (χ3n) is 5.03. The largest absolute Gasteiger partial charge is 0.481 e. The fourth-order valence-corrected chi connectivity index (χ4v) is 2.64. The van der Waals surface area contributed by atoms with Crippen LogP contribution in [0.2, 0.25) is 0 Å². The highest BCUT2D eigenvalue weighted by atomic mass is 16.4. The van der Waals surface area contributed by atoms with Crippen LogP contribution in [0.1, 0.15) is 54.9 Å². The van der Waals surface area contributed by atoms with Crippen LogP contribution in [0.25, 0.3) is 0 Å². The fraction of sp³-hybridized carbons (Fsp3) is 0.867. The van der Waals surface area contributed by atoms with Crippen LogP contribution >= 0.6 is 0 Å². The quantitative estimate of drug-likeness (QED) is 0.742. The van der Waals surface area contributed by atoms with Gasteiger partial charge in [-0.05, 0) is 16.2 Å². The molecule has 1 atom stereocenters. The molecule has 0 aromatic carbocycles. The Bertz CT molecular complexity index is 394. The first-order chi connectivity index (χ1) is 8.80. The molecule has 2 amide bonds. The average molecular weight is 284 g/mol. The first-order valence-corrected chi connectivity index (χ1v) is 7.09. The van der Waals surface area contributed by atoms with E-state index in [0.717, 1.165) is 0 Å². The van der Waals surface area contributed by atoms with Crippen LogP contribution in [-0.2, 0) is 4.79 Å². The van der Waals surface area contributed by atoms with Crippen LogP contribution in [0, 0.1) is 16.2 Å². The number of carbonyl (C=O) groups excluding carboxylic acids is 1. The predicted molar refractivity (Wildman–Crippen MR) is 78.5 cm³/mol. The highest BCUT2D eigenvalue weighted by molar-refractivity contribution is 5.77. The highest BCUT2D eigenvalue weighted by Crippen LogP contribution is 2.62. The lowest BCUT2D eigenvalue weighted by Crippen LogP contribution is -2.50. The molecule has 5 heteroatoms. The number of carbonyl (C=O) groups is 2. The van der Waals surface area contributed by atoms with Gasteiger partial charge in [-0.3, -0.25) is 4.79 Å². The summed E-state index contributed by atoms with van der Waals surface area (Å²) in [6, 6.07) is -0.569.